The van der Waals surface area contributed by atoms with Gasteiger partial charge in [-0.25, -0.2) is 4.79 Å². The van der Waals surface area contributed by atoms with E-state index in [1.807, 2.05) is 6.92 Å². The lowest BCUT2D eigenvalue weighted by atomic mass is 10.0. The summed E-state index contributed by atoms with van der Waals surface area (Å²) in [7, 11) is 0. The van der Waals surface area contributed by atoms with Crippen molar-refractivity contribution >= 4 is 32.9 Å². The van der Waals surface area contributed by atoms with E-state index < -0.39 is 5.97 Å². The van der Waals surface area contributed by atoms with E-state index in [1.165, 1.54) is 6.26 Å². The van der Waals surface area contributed by atoms with Gasteiger partial charge in [0.25, 0.3) is 0 Å². The smallest absolute Gasteiger partial charge is 0.336 e. The Kier molecular flexibility index (Phi) is 2.52. The normalized spacial score (nSPS) is 10.8. The molecule has 4 heteroatoms. The van der Waals surface area contributed by atoms with Gasteiger partial charge in [-0.1, -0.05) is 22.9 Å². The van der Waals surface area contributed by atoms with E-state index >= 15 is 0 Å². The summed E-state index contributed by atoms with van der Waals surface area (Å²) >= 11 is 3.36. The van der Waals surface area contributed by atoms with Gasteiger partial charge in [0.15, 0.2) is 0 Å². The van der Waals surface area contributed by atoms with Crippen molar-refractivity contribution in [2.24, 2.45) is 0 Å². The number of halogens is 1. The van der Waals surface area contributed by atoms with Crippen LogP contribution in [0, 0.1) is 0 Å². The Morgan fingerprint density at radius 2 is 2.33 bits per heavy atom. The van der Waals surface area contributed by atoms with Crippen LogP contribution in [0.4, 0.5) is 0 Å². The Hall–Kier alpha value is -1.29. The second-order valence-electron chi connectivity index (χ2n) is 3.20. The third-order valence-electron chi connectivity index (χ3n) is 2.38. The molecule has 0 atom stereocenters. The first-order valence-electron chi connectivity index (χ1n) is 4.57. The summed E-state index contributed by atoms with van der Waals surface area (Å²) in [5.41, 5.74) is 1.73. The molecule has 0 aliphatic rings. The molecular formula is C11H9BrO3. The number of hydrogen-bond donors (Lipinski definition) is 1. The van der Waals surface area contributed by atoms with Crippen molar-refractivity contribution in [1.82, 2.24) is 0 Å². The molecule has 0 radical (unpaired) electrons. The number of carbonyl (C=O) groups is 1. The van der Waals surface area contributed by atoms with Crippen molar-refractivity contribution in [3.63, 3.8) is 0 Å². The van der Waals surface area contributed by atoms with Gasteiger partial charge in [-0.15, -0.1) is 0 Å². The van der Waals surface area contributed by atoms with E-state index in [2.05, 4.69) is 15.9 Å². The number of benzene rings is 1. The van der Waals surface area contributed by atoms with Crippen LogP contribution in [0.15, 0.2) is 27.3 Å². The third kappa shape index (κ3) is 1.55. The number of carboxylic acid groups (broad SMARTS) is 1. The van der Waals surface area contributed by atoms with E-state index in [1.54, 1.807) is 12.1 Å². The molecule has 2 aromatic rings. The predicted octanol–water partition coefficient (Wildman–Crippen LogP) is 3.46. The fourth-order valence-electron chi connectivity index (χ4n) is 1.71. The number of hydrogen-bond acceptors (Lipinski definition) is 2. The molecule has 0 amide bonds. The zero-order chi connectivity index (χ0) is 11.0. The summed E-state index contributed by atoms with van der Waals surface area (Å²) < 4.78 is 5.98. The van der Waals surface area contributed by atoms with E-state index in [9.17, 15) is 9.90 Å². The van der Waals surface area contributed by atoms with Gasteiger partial charge in [0, 0.05) is 9.86 Å². The summed E-state index contributed by atoms with van der Waals surface area (Å²) in [6.45, 7) is 1.93. The van der Waals surface area contributed by atoms with E-state index in [4.69, 9.17) is 4.42 Å². The summed E-state index contributed by atoms with van der Waals surface area (Å²) in [5, 5.41) is 9.83. The van der Waals surface area contributed by atoms with Gasteiger partial charge in [-0.2, -0.15) is 0 Å². The largest absolute Gasteiger partial charge is 0.478 e. The SMILES string of the molecule is CCc1c(Br)cc2occc2c1C(=O)O. The molecule has 0 aliphatic carbocycles. The van der Waals surface area contributed by atoms with E-state index in [0.717, 1.165) is 10.0 Å². The van der Waals surface area contributed by atoms with Crippen LogP contribution in [0.25, 0.3) is 11.0 Å². The number of aromatic carboxylic acids is 1. The maximum atomic E-state index is 11.2. The first-order chi connectivity index (χ1) is 7.15. The topological polar surface area (TPSA) is 50.4 Å². The third-order valence-corrected chi connectivity index (χ3v) is 3.09. The Morgan fingerprint density at radius 1 is 1.60 bits per heavy atom. The minimum Gasteiger partial charge on any atom is -0.478 e. The average Bonchev–Trinajstić information content (AvgIpc) is 2.62. The molecule has 78 valence electrons. The summed E-state index contributed by atoms with van der Waals surface area (Å²) in [4.78, 5) is 11.2. The van der Waals surface area contributed by atoms with Gasteiger partial charge < -0.3 is 9.52 Å². The maximum absolute atomic E-state index is 11.2. The molecule has 0 unspecified atom stereocenters. The fourth-order valence-corrected chi connectivity index (χ4v) is 2.40. The Morgan fingerprint density at radius 3 is 2.93 bits per heavy atom. The lowest BCUT2D eigenvalue weighted by Crippen LogP contribution is -2.03. The van der Waals surface area contributed by atoms with Gasteiger partial charge in [-0.3, -0.25) is 0 Å². The van der Waals surface area contributed by atoms with Crippen LogP contribution in [0.3, 0.4) is 0 Å². The summed E-state index contributed by atoms with van der Waals surface area (Å²) in [6, 6.07) is 3.49. The standard InChI is InChI=1S/C11H9BrO3/c1-2-6-8(12)5-9-7(3-4-15-9)10(6)11(13)14/h3-5H,2H2,1H3,(H,13,14). The Labute approximate surface area is 94.8 Å². The molecule has 3 nitrogen and oxygen atoms in total. The van der Waals surface area contributed by atoms with Crippen molar-refractivity contribution in [2.75, 3.05) is 0 Å². The zero-order valence-electron chi connectivity index (χ0n) is 8.08. The lowest BCUT2D eigenvalue weighted by Gasteiger charge is -2.07. The molecule has 1 aromatic heterocycles. The minimum absolute atomic E-state index is 0.329. The average molecular weight is 269 g/mol. The number of fused-ring (bicyclic) bond motifs is 1. The Bertz CT molecular complexity index is 528. The minimum atomic E-state index is -0.917. The van der Waals surface area contributed by atoms with Gasteiger partial charge >= 0.3 is 5.97 Å². The van der Waals surface area contributed by atoms with Crippen molar-refractivity contribution in [3.05, 3.63) is 34.0 Å². The highest BCUT2D eigenvalue weighted by atomic mass is 79.9. The summed E-state index contributed by atoms with van der Waals surface area (Å²) in [6.07, 6.45) is 2.17. The molecule has 0 saturated carbocycles. The Balaban J connectivity index is 2.90. The van der Waals surface area contributed by atoms with Gasteiger partial charge in [0.2, 0.25) is 0 Å². The quantitative estimate of drug-likeness (QED) is 0.908. The fraction of sp³-hybridized carbons (Fsp3) is 0.182. The van der Waals surface area contributed by atoms with E-state index in [-0.39, 0.29) is 0 Å². The highest BCUT2D eigenvalue weighted by Gasteiger charge is 2.17. The molecular weight excluding hydrogens is 260 g/mol. The molecule has 0 spiro atoms. The van der Waals surface area contributed by atoms with Crippen molar-refractivity contribution in [3.8, 4) is 0 Å². The molecule has 2 rings (SSSR count). The van der Waals surface area contributed by atoms with Crippen LogP contribution in [0.5, 0.6) is 0 Å². The molecule has 0 bridgehead atoms. The van der Waals surface area contributed by atoms with Gasteiger partial charge in [-0.05, 0) is 24.1 Å². The first-order valence-corrected chi connectivity index (χ1v) is 5.36. The molecule has 15 heavy (non-hydrogen) atoms. The van der Waals surface area contributed by atoms with Crippen LogP contribution in [0.2, 0.25) is 0 Å². The zero-order valence-corrected chi connectivity index (χ0v) is 9.67. The van der Waals surface area contributed by atoms with Crippen LogP contribution >= 0.6 is 15.9 Å². The predicted molar refractivity (Wildman–Crippen MR) is 60.3 cm³/mol. The lowest BCUT2D eigenvalue weighted by molar-refractivity contribution is 0.0698. The second-order valence-corrected chi connectivity index (χ2v) is 4.06. The highest BCUT2D eigenvalue weighted by molar-refractivity contribution is 9.10. The molecule has 1 N–H and O–H groups in total. The van der Waals surface area contributed by atoms with Crippen molar-refractivity contribution < 1.29 is 14.3 Å². The highest BCUT2D eigenvalue weighted by Crippen LogP contribution is 2.30. The summed E-state index contributed by atoms with van der Waals surface area (Å²) in [5.74, 6) is -0.917. The van der Waals surface area contributed by atoms with Crippen molar-refractivity contribution in [2.45, 2.75) is 13.3 Å². The molecule has 0 aliphatic heterocycles. The monoisotopic (exact) mass is 268 g/mol. The van der Waals surface area contributed by atoms with Crippen LogP contribution in [0.1, 0.15) is 22.8 Å². The second kappa shape index (κ2) is 3.70. The maximum Gasteiger partial charge on any atom is 0.336 e. The first kappa shape index (κ1) is 10.2. The van der Waals surface area contributed by atoms with Crippen molar-refractivity contribution in [1.29, 1.82) is 0 Å². The van der Waals surface area contributed by atoms with Crippen LogP contribution in [-0.2, 0) is 6.42 Å². The number of furan rings is 1. The molecule has 0 fully saturated rings. The molecule has 1 heterocycles. The van der Waals surface area contributed by atoms with Crippen LogP contribution < -0.4 is 0 Å². The van der Waals surface area contributed by atoms with Gasteiger partial charge in [0.05, 0.1) is 11.8 Å². The number of carboxylic acids is 1. The van der Waals surface area contributed by atoms with Crippen LogP contribution in [-0.4, -0.2) is 11.1 Å². The molecule has 0 saturated heterocycles. The molecule has 1 aromatic carbocycles. The number of rotatable bonds is 2. The van der Waals surface area contributed by atoms with Gasteiger partial charge in [0.1, 0.15) is 5.58 Å². The van der Waals surface area contributed by atoms with E-state index in [0.29, 0.717) is 23.0 Å².